The first kappa shape index (κ1) is 22.7. The number of nitrogens with one attached hydrogen (secondary N) is 1. The van der Waals surface area contributed by atoms with Crippen molar-refractivity contribution >= 4 is 23.0 Å². The Kier molecular flexibility index (Phi) is 6.03. The third kappa shape index (κ3) is 4.28. The normalized spacial score (nSPS) is 13.5. The number of carbonyl (C=O) groups is 2. The first-order valence-electron chi connectivity index (χ1n) is 11.9. The maximum atomic E-state index is 12.7. The van der Waals surface area contributed by atoms with Gasteiger partial charge in [0.1, 0.15) is 12.6 Å². The molecule has 6 heteroatoms. The highest BCUT2D eigenvalue weighted by Crippen LogP contribution is 2.44. The fraction of sp³-hybridized carbons (Fsp3) is 0.241. The lowest BCUT2D eigenvalue weighted by Gasteiger charge is -2.17. The zero-order chi connectivity index (χ0) is 24.5. The summed E-state index contributed by atoms with van der Waals surface area (Å²) < 4.78 is 7.69. The standard InChI is InChI=1S/C29H28N2O4/c1-18(2)31-16-19(20-9-7-8-14-27(20)31)15-26(28(32)33)30-29(34)35-17-25-23-12-5-3-10-21(23)22-11-4-6-13-24(22)25/h3-14,16,18,25-26H,15,17H2,1-2H3,(H,30,34)(H,32,33). The van der Waals surface area contributed by atoms with Crippen molar-refractivity contribution in [3.63, 3.8) is 0 Å². The highest BCUT2D eigenvalue weighted by Gasteiger charge is 2.30. The lowest BCUT2D eigenvalue weighted by molar-refractivity contribution is -0.139. The van der Waals surface area contributed by atoms with E-state index in [4.69, 9.17) is 4.74 Å². The van der Waals surface area contributed by atoms with E-state index in [1.165, 1.54) is 0 Å². The summed E-state index contributed by atoms with van der Waals surface area (Å²) >= 11 is 0. The fourth-order valence-corrected chi connectivity index (χ4v) is 5.07. The van der Waals surface area contributed by atoms with E-state index in [9.17, 15) is 14.7 Å². The number of aliphatic carboxylic acids is 1. The van der Waals surface area contributed by atoms with Gasteiger partial charge in [0.05, 0.1) is 0 Å². The maximum absolute atomic E-state index is 12.7. The molecule has 1 aliphatic rings. The number of aromatic nitrogens is 1. The van der Waals surface area contributed by atoms with E-state index in [0.717, 1.165) is 38.7 Å². The predicted octanol–water partition coefficient (Wildman–Crippen LogP) is 5.76. The first-order valence-corrected chi connectivity index (χ1v) is 11.9. The molecule has 1 atom stereocenters. The average Bonchev–Trinajstić information content (AvgIpc) is 3.38. The number of carbonyl (C=O) groups excluding carboxylic acids is 1. The van der Waals surface area contributed by atoms with Gasteiger partial charge in [-0.2, -0.15) is 0 Å². The van der Waals surface area contributed by atoms with Crippen molar-refractivity contribution in [2.45, 2.75) is 38.3 Å². The highest BCUT2D eigenvalue weighted by atomic mass is 16.5. The quantitative estimate of drug-likeness (QED) is 0.362. The van der Waals surface area contributed by atoms with Gasteiger partial charge in [0.25, 0.3) is 0 Å². The minimum absolute atomic E-state index is 0.0829. The number of nitrogens with zero attached hydrogens (tertiary/aromatic N) is 1. The Morgan fingerprint density at radius 3 is 2.17 bits per heavy atom. The molecule has 0 aliphatic heterocycles. The monoisotopic (exact) mass is 468 g/mol. The number of hydrogen-bond acceptors (Lipinski definition) is 3. The number of fused-ring (bicyclic) bond motifs is 4. The number of ether oxygens (including phenoxy) is 1. The van der Waals surface area contributed by atoms with E-state index in [-0.39, 0.29) is 25.0 Å². The van der Waals surface area contributed by atoms with Crippen molar-refractivity contribution in [3.05, 3.63) is 95.7 Å². The minimum Gasteiger partial charge on any atom is -0.480 e. The van der Waals surface area contributed by atoms with Crippen LogP contribution < -0.4 is 5.32 Å². The van der Waals surface area contributed by atoms with Crippen molar-refractivity contribution in [1.29, 1.82) is 0 Å². The number of rotatable bonds is 7. The molecule has 5 rings (SSSR count). The van der Waals surface area contributed by atoms with E-state index in [0.29, 0.717) is 0 Å². The Bertz CT molecular complexity index is 1360. The number of carboxylic acids is 1. The Hall–Kier alpha value is -4.06. The maximum Gasteiger partial charge on any atom is 0.407 e. The van der Waals surface area contributed by atoms with Gasteiger partial charge < -0.3 is 19.7 Å². The minimum atomic E-state index is -1.10. The molecule has 2 N–H and O–H groups in total. The van der Waals surface area contributed by atoms with Crippen LogP contribution in [0.2, 0.25) is 0 Å². The highest BCUT2D eigenvalue weighted by molar-refractivity contribution is 5.86. The number of para-hydroxylation sites is 1. The zero-order valence-electron chi connectivity index (χ0n) is 19.8. The second-order valence-corrected chi connectivity index (χ2v) is 9.24. The molecule has 1 aromatic heterocycles. The molecule has 0 radical (unpaired) electrons. The van der Waals surface area contributed by atoms with Crippen LogP contribution in [0.3, 0.4) is 0 Å². The van der Waals surface area contributed by atoms with Crippen LogP contribution in [0, 0.1) is 0 Å². The van der Waals surface area contributed by atoms with E-state index in [2.05, 4.69) is 35.9 Å². The number of carboxylic acid groups (broad SMARTS) is 1. The third-order valence-electron chi connectivity index (χ3n) is 6.74. The van der Waals surface area contributed by atoms with Crippen molar-refractivity contribution in [2.24, 2.45) is 0 Å². The lowest BCUT2D eigenvalue weighted by atomic mass is 9.98. The van der Waals surface area contributed by atoms with Crippen LogP contribution in [0.4, 0.5) is 4.79 Å². The van der Waals surface area contributed by atoms with Gasteiger partial charge >= 0.3 is 12.1 Å². The Labute approximate surface area is 204 Å². The molecule has 4 aromatic rings. The molecule has 1 amide bonds. The molecule has 3 aromatic carbocycles. The summed E-state index contributed by atoms with van der Waals surface area (Å²) in [4.78, 5) is 24.7. The summed E-state index contributed by atoms with van der Waals surface area (Å²) in [5, 5.41) is 13.4. The number of alkyl carbamates (subject to hydrolysis) is 1. The van der Waals surface area contributed by atoms with Crippen LogP contribution in [0.5, 0.6) is 0 Å². The molecule has 0 fully saturated rings. The Morgan fingerprint density at radius 1 is 0.943 bits per heavy atom. The van der Waals surface area contributed by atoms with E-state index in [1.54, 1.807) is 0 Å². The third-order valence-corrected chi connectivity index (χ3v) is 6.74. The largest absolute Gasteiger partial charge is 0.480 e. The Balaban J connectivity index is 1.31. The molecule has 1 aliphatic carbocycles. The van der Waals surface area contributed by atoms with Gasteiger partial charge in [-0.1, -0.05) is 66.7 Å². The molecule has 0 saturated heterocycles. The van der Waals surface area contributed by atoms with Gasteiger partial charge in [-0.25, -0.2) is 9.59 Å². The summed E-state index contributed by atoms with van der Waals surface area (Å²) in [6.45, 7) is 4.30. The van der Waals surface area contributed by atoms with E-state index in [1.807, 2.05) is 66.9 Å². The second kappa shape index (κ2) is 9.29. The van der Waals surface area contributed by atoms with Crippen LogP contribution in [0.1, 0.15) is 42.5 Å². The molecular weight excluding hydrogens is 440 g/mol. The summed E-state index contributed by atoms with van der Waals surface area (Å²) in [6.07, 6.45) is 1.41. The second-order valence-electron chi connectivity index (χ2n) is 9.24. The molecule has 0 bridgehead atoms. The van der Waals surface area contributed by atoms with E-state index >= 15 is 0 Å². The van der Waals surface area contributed by atoms with Crippen molar-refractivity contribution < 1.29 is 19.4 Å². The molecule has 6 nitrogen and oxygen atoms in total. The van der Waals surface area contributed by atoms with Crippen LogP contribution in [-0.4, -0.2) is 34.4 Å². The van der Waals surface area contributed by atoms with Gasteiger partial charge in [-0.05, 0) is 47.7 Å². The molecule has 178 valence electrons. The topological polar surface area (TPSA) is 80.6 Å². The van der Waals surface area contributed by atoms with Crippen LogP contribution >= 0.6 is 0 Å². The van der Waals surface area contributed by atoms with Gasteiger partial charge in [-0.3, -0.25) is 0 Å². The molecule has 1 heterocycles. The van der Waals surface area contributed by atoms with Gasteiger partial charge in [0.2, 0.25) is 0 Å². The van der Waals surface area contributed by atoms with E-state index < -0.39 is 18.1 Å². The number of amides is 1. The number of hydrogen-bond donors (Lipinski definition) is 2. The fourth-order valence-electron chi connectivity index (χ4n) is 5.07. The van der Waals surface area contributed by atoms with Crippen molar-refractivity contribution in [1.82, 2.24) is 9.88 Å². The van der Waals surface area contributed by atoms with Gasteiger partial charge in [0, 0.05) is 35.5 Å². The SMILES string of the molecule is CC(C)n1cc(CC(NC(=O)OCC2c3ccccc3-c3ccccc32)C(=O)O)c2ccccc21. The first-order chi connectivity index (χ1) is 16.9. The van der Waals surface area contributed by atoms with Crippen LogP contribution in [0.25, 0.3) is 22.0 Å². The van der Waals surface area contributed by atoms with Crippen molar-refractivity contribution in [2.75, 3.05) is 6.61 Å². The van der Waals surface area contributed by atoms with Crippen molar-refractivity contribution in [3.8, 4) is 11.1 Å². The molecule has 1 unspecified atom stereocenters. The van der Waals surface area contributed by atoms with Crippen LogP contribution in [-0.2, 0) is 16.0 Å². The summed E-state index contributed by atoms with van der Waals surface area (Å²) in [7, 11) is 0. The lowest BCUT2D eigenvalue weighted by Crippen LogP contribution is -2.42. The average molecular weight is 469 g/mol. The summed E-state index contributed by atoms with van der Waals surface area (Å²) in [6, 6.07) is 23.2. The molecule has 0 saturated carbocycles. The Morgan fingerprint density at radius 2 is 1.54 bits per heavy atom. The summed E-state index contributed by atoms with van der Waals surface area (Å²) in [5.74, 6) is -1.18. The number of benzene rings is 3. The zero-order valence-corrected chi connectivity index (χ0v) is 19.8. The smallest absolute Gasteiger partial charge is 0.407 e. The van der Waals surface area contributed by atoms with Gasteiger partial charge in [0.15, 0.2) is 0 Å². The predicted molar refractivity (Wildman–Crippen MR) is 136 cm³/mol. The molecule has 35 heavy (non-hydrogen) atoms. The van der Waals surface area contributed by atoms with Crippen LogP contribution in [0.15, 0.2) is 79.0 Å². The van der Waals surface area contributed by atoms with Gasteiger partial charge in [-0.15, -0.1) is 0 Å². The summed E-state index contributed by atoms with van der Waals surface area (Å²) in [5.41, 5.74) is 6.42. The molecule has 0 spiro atoms. The molecular formula is C29H28N2O4.